The largest absolute Gasteiger partial charge is 1.00 e. The van der Waals surface area contributed by atoms with Gasteiger partial charge in [0.05, 0.1) is 4.90 Å². The number of pyridine rings is 1. The van der Waals surface area contributed by atoms with Crippen molar-refractivity contribution in [2.24, 2.45) is 5.73 Å². The van der Waals surface area contributed by atoms with Gasteiger partial charge in [0, 0.05) is 40.7 Å². The zero-order valence-electron chi connectivity index (χ0n) is 12.2. The first kappa shape index (κ1) is 28.4. The van der Waals surface area contributed by atoms with E-state index in [0.717, 1.165) is 5.39 Å². The van der Waals surface area contributed by atoms with Gasteiger partial charge in [0.15, 0.2) is 0 Å². The predicted octanol–water partition coefficient (Wildman–Crippen LogP) is -10.7. The molecule has 0 saturated heterocycles. The summed E-state index contributed by atoms with van der Waals surface area (Å²) in [6, 6.07) is 5.07. The maximum atomic E-state index is 12.1. The topological polar surface area (TPSA) is 85.1 Å². The molecule has 0 aliphatic heterocycles. The van der Waals surface area contributed by atoms with Gasteiger partial charge in [0.25, 0.3) is 0 Å². The number of rotatable bonds is 4. The summed E-state index contributed by atoms with van der Waals surface area (Å²) in [5, 5.41) is 1.40. The van der Waals surface area contributed by atoms with Gasteiger partial charge in [0.1, 0.15) is 0 Å². The van der Waals surface area contributed by atoms with Gasteiger partial charge >= 0.3 is 59.1 Å². The molecule has 0 aliphatic carbocycles. The maximum absolute atomic E-state index is 12.1. The molecular weight excluding hydrogens is 435 g/mol. The first-order valence-corrected chi connectivity index (χ1v) is 7.55. The van der Waals surface area contributed by atoms with E-state index in [1.807, 2.05) is 6.07 Å². The molecule has 3 N–H and O–H groups in total. The van der Waals surface area contributed by atoms with E-state index in [1.165, 1.54) is 0 Å². The van der Waals surface area contributed by atoms with Crippen LogP contribution in [0.4, 0.5) is 0 Å². The van der Waals surface area contributed by atoms with Gasteiger partial charge in [0.2, 0.25) is 10.0 Å². The minimum absolute atomic E-state index is 0. The molecule has 0 aliphatic rings. The molecule has 112 valence electrons. The van der Waals surface area contributed by atoms with Crippen LogP contribution >= 0.6 is 15.9 Å². The Hall–Kier alpha value is 1.56. The molecule has 2 aromatic rings. The van der Waals surface area contributed by atoms with Gasteiger partial charge in [-0.15, -0.1) is 0 Å². The normalized spacial score (nSPS) is 9.73. The summed E-state index contributed by atoms with van der Waals surface area (Å²) < 4.78 is 27.4. The second-order valence-electron chi connectivity index (χ2n) is 3.69. The Morgan fingerprint density at radius 3 is 2.45 bits per heavy atom. The van der Waals surface area contributed by atoms with Crippen LogP contribution in [0.1, 0.15) is 0 Å². The summed E-state index contributed by atoms with van der Waals surface area (Å²) in [6.07, 6.45) is 3.19. The maximum Gasteiger partial charge on any atom is 1.00 e. The van der Waals surface area contributed by atoms with Crippen molar-refractivity contribution >= 4 is 36.7 Å². The molecular formula is C11H12BrCl2N3Na2O2S. The van der Waals surface area contributed by atoms with E-state index in [0.29, 0.717) is 9.86 Å². The van der Waals surface area contributed by atoms with Crippen molar-refractivity contribution in [1.82, 2.24) is 9.71 Å². The quantitative estimate of drug-likeness (QED) is 0.457. The first-order valence-electron chi connectivity index (χ1n) is 5.27. The van der Waals surface area contributed by atoms with Crippen LogP contribution in [0.15, 0.2) is 40.0 Å². The van der Waals surface area contributed by atoms with Crippen LogP contribution in [-0.4, -0.2) is 26.5 Å². The summed E-state index contributed by atoms with van der Waals surface area (Å²) in [5.41, 5.74) is 5.31. The van der Waals surface area contributed by atoms with Gasteiger partial charge in [-0.2, -0.15) is 0 Å². The summed E-state index contributed by atoms with van der Waals surface area (Å²) in [5.74, 6) is 0. The van der Waals surface area contributed by atoms with E-state index >= 15 is 0 Å². The van der Waals surface area contributed by atoms with E-state index in [-0.39, 0.29) is 102 Å². The molecule has 1 aromatic heterocycles. The third kappa shape index (κ3) is 7.21. The molecule has 0 amide bonds. The third-order valence-electron chi connectivity index (χ3n) is 2.41. The Morgan fingerprint density at radius 1 is 1.23 bits per heavy atom. The number of hydrogen-bond acceptors (Lipinski definition) is 4. The zero-order chi connectivity index (χ0) is 13.2. The van der Waals surface area contributed by atoms with E-state index in [4.69, 9.17) is 5.73 Å². The Labute approximate surface area is 195 Å². The number of fused-ring (bicyclic) bond motifs is 1. The SMILES string of the molecule is NCCNS(=O)(=O)c1cc(Br)cc2cnccc12.[Cl-].[Cl-].[Na+].[Na+]. The van der Waals surface area contributed by atoms with Gasteiger partial charge < -0.3 is 30.5 Å². The monoisotopic (exact) mass is 445 g/mol. The standard InChI is InChI=1S/C11H12BrN3O2S.2ClH.2Na/c12-9-5-8-7-14-3-1-10(8)11(6-9)18(16,17)15-4-2-13;;;;/h1,3,5-7,15H,2,4,13H2;2*1H;;/q;;;2*+1/p-2. The van der Waals surface area contributed by atoms with Crippen LogP contribution in [-0.2, 0) is 10.0 Å². The molecule has 2 rings (SSSR count). The van der Waals surface area contributed by atoms with E-state index < -0.39 is 10.0 Å². The van der Waals surface area contributed by atoms with Crippen LogP contribution in [0.25, 0.3) is 10.8 Å². The number of nitrogens with one attached hydrogen (secondary N) is 1. The van der Waals surface area contributed by atoms with Crippen LogP contribution in [0, 0.1) is 0 Å². The van der Waals surface area contributed by atoms with E-state index in [1.54, 1.807) is 24.5 Å². The molecule has 1 aromatic carbocycles. The fourth-order valence-corrected chi connectivity index (χ4v) is 3.56. The Morgan fingerprint density at radius 2 is 1.86 bits per heavy atom. The zero-order valence-corrected chi connectivity index (χ0v) is 20.1. The smallest absolute Gasteiger partial charge is 1.00 e. The van der Waals surface area contributed by atoms with Crippen molar-refractivity contribution in [1.29, 1.82) is 0 Å². The number of hydrogen-bond donors (Lipinski definition) is 2. The van der Waals surface area contributed by atoms with Crippen molar-refractivity contribution < 1.29 is 92.3 Å². The summed E-state index contributed by atoms with van der Waals surface area (Å²) in [6.45, 7) is 0.466. The third-order valence-corrected chi connectivity index (χ3v) is 4.36. The number of nitrogens with zero attached hydrogens (tertiary/aromatic N) is 1. The second kappa shape index (κ2) is 12.9. The van der Waals surface area contributed by atoms with E-state index in [2.05, 4.69) is 25.6 Å². The minimum atomic E-state index is -3.56. The Kier molecular flexibility index (Phi) is 16.6. The van der Waals surface area contributed by atoms with Crippen LogP contribution in [0.3, 0.4) is 0 Å². The van der Waals surface area contributed by atoms with Gasteiger partial charge in [-0.25, -0.2) is 13.1 Å². The molecule has 11 heteroatoms. The molecule has 22 heavy (non-hydrogen) atoms. The molecule has 5 nitrogen and oxygen atoms in total. The number of aromatic nitrogens is 1. The molecule has 0 radical (unpaired) electrons. The number of nitrogens with two attached hydrogens (primary N) is 1. The van der Waals surface area contributed by atoms with Gasteiger partial charge in [-0.05, 0) is 18.2 Å². The molecule has 0 fully saturated rings. The molecule has 0 saturated carbocycles. The average Bonchev–Trinajstić information content (AvgIpc) is 2.35. The van der Waals surface area contributed by atoms with Crippen molar-refractivity contribution in [3.8, 4) is 0 Å². The summed E-state index contributed by atoms with van der Waals surface area (Å²) in [4.78, 5) is 4.21. The van der Waals surface area contributed by atoms with Crippen LogP contribution < -0.4 is 94.4 Å². The second-order valence-corrected chi connectivity index (χ2v) is 6.34. The number of sulfonamides is 1. The molecule has 1 heterocycles. The minimum Gasteiger partial charge on any atom is -1.00 e. The van der Waals surface area contributed by atoms with Crippen molar-refractivity contribution in [3.05, 3.63) is 35.1 Å². The molecule has 0 bridgehead atoms. The fraction of sp³-hybridized carbons (Fsp3) is 0.182. The fourth-order valence-electron chi connectivity index (χ4n) is 1.63. The van der Waals surface area contributed by atoms with E-state index in [9.17, 15) is 8.42 Å². The Balaban J connectivity index is -0.000000902. The predicted molar refractivity (Wildman–Crippen MR) is 73.7 cm³/mol. The molecule has 0 unspecified atom stereocenters. The van der Waals surface area contributed by atoms with Crippen LogP contribution in [0.2, 0.25) is 0 Å². The average molecular weight is 447 g/mol. The van der Waals surface area contributed by atoms with Crippen molar-refractivity contribution in [2.45, 2.75) is 4.90 Å². The van der Waals surface area contributed by atoms with Gasteiger partial charge in [-0.3, -0.25) is 4.98 Å². The number of halogens is 3. The Bertz CT molecular complexity index is 692. The van der Waals surface area contributed by atoms with Crippen molar-refractivity contribution in [3.63, 3.8) is 0 Å². The van der Waals surface area contributed by atoms with Gasteiger partial charge in [-0.1, -0.05) is 15.9 Å². The molecule has 0 atom stereocenters. The summed E-state index contributed by atoms with van der Waals surface area (Å²) >= 11 is 3.30. The number of benzene rings is 1. The first-order chi connectivity index (χ1) is 8.54. The summed E-state index contributed by atoms with van der Waals surface area (Å²) in [7, 11) is -3.56. The van der Waals surface area contributed by atoms with Crippen LogP contribution in [0.5, 0.6) is 0 Å². The molecule has 0 spiro atoms. The van der Waals surface area contributed by atoms with Crippen molar-refractivity contribution in [2.75, 3.05) is 13.1 Å².